The molecule has 0 radical (unpaired) electrons. The number of nitrogens with zero attached hydrogens (tertiary/aromatic N) is 2. The highest BCUT2D eigenvalue weighted by Gasteiger charge is 2.08. The van der Waals surface area contributed by atoms with Crippen LogP contribution in [0.4, 0.5) is 10.3 Å². The summed E-state index contributed by atoms with van der Waals surface area (Å²) in [6.07, 6.45) is 1.60. The van der Waals surface area contributed by atoms with Gasteiger partial charge in [-0.25, -0.2) is 9.37 Å². The van der Waals surface area contributed by atoms with Crippen molar-refractivity contribution in [3.8, 4) is 5.88 Å². The molecular weight excluding hydrogens is 233 g/mol. The van der Waals surface area contributed by atoms with E-state index in [0.29, 0.717) is 11.8 Å². The normalized spacial score (nSPS) is 11.9. The van der Waals surface area contributed by atoms with E-state index in [0.717, 1.165) is 5.56 Å². The smallest absolute Gasteiger partial charge is 0.226 e. The van der Waals surface area contributed by atoms with Gasteiger partial charge in [0.1, 0.15) is 5.82 Å². The Morgan fingerprint density at radius 2 is 2.17 bits per heavy atom. The number of anilines is 1. The Balaban J connectivity index is 2.13. The fourth-order valence-electron chi connectivity index (χ4n) is 1.58. The summed E-state index contributed by atoms with van der Waals surface area (Å²) in [7, 11) is 1.54. The zero-order valence-corrected chi connectivity index (χ0v) is 10.2. The maximum atomic E-state index is 13.1. The summed E-state index contributed by atoms with van der Waals surface area (Å²) in [5.41, 5.74) is 0.835. The number of hydrogen-bond donors (Lipinski definition) is 1. The highest BCUT2D eigenvalue weighted by atomic mass is 19.1. The molecule has 5 heteroatoms. The van der Waals surface area contributed by atoms with Gasteiger partial charge < -0.3 is 10.1 Å². The van der Waals surface area contributed by atoms with Crippen molar-refractivity contribution < 1.29 is 9.13 Å². The summed E-state index contributed by atoms with van der Waals surface area (Å²) in [5, 5.41) is 3.09. The minimum absolute atomic E-state index is 0.0900. The van der Waals surface area contributed by atoms with Gasteiger partial charge in [-0.2, -0.15) is 4.98 Å². The Morgan fingerprint density at radius 3 is 2.89 bits per heavy atom. The van der Waals surface area contributed by atoms with Crippen molar-refractivity contribution in [2.75, 3.05) is 12.4 Å². The van der Waals surface area contributed by atoms with Crippen LogP contribution in [0, 0.1) is 5.82 Å². The lowest BCUT2D eigenvalue weighted by Crippen LogP contribution is -2.09. The molecule has 0 aliphatic heterocycles. The molecule has 1 aromatic carbocycles. The van der Waals surface area contributed by atoms with Gasteiger partial charge in [-0.15, -0.1) is 0 Å². The van der Waals surface area contributed by atoms with Crippen molar-refractivity contribution in [2.24, 2.45) is 0 Å². The summed E-state index contributed by atoms with van der Waals surface area (Å²) in [6.45, 7) is 1.91. The van der Waals surface area contributed by atoms with Crippen LogP contribution in [0.25, 0.3) is 0 Å². The third-order valence-corrected chi connectivity index (χ3v) is 2.53. The summed E-state index contributed by atoms with van der Waals surface area (Å²) in [5.74, 6) is 0.678. The first-order valence-corrected chi connectivity index (χ1v) is 5.58. The Labute approximate surface area is 105 Å². The van der Waals surface area contributed by atoms with Gasteiger partial charge in [0.15, 0.2) is 0 Å². The first kappa shape index (κ1) is 12.3. The Kier molecular flexibility index (Phi) is 3.72. The topological polar surface area (TPSA) is 47.0 Å². The summed E-state index contributed by atoms with van der Waals surface area (Å²) in [4.78, 5) is 8.22. The maximum Gasteiger partial charge on any atom is 0.226 e. The second-order valence-corrected chi connectivity index (χ2v) is 3.84. The maximum absolute atomic E-state index is 13.1. The molecule has 0 spiro atoms. The molecule has 0 saturated carbocycles. The van der Waals surface area contributed by atoms with E-state index in [4.69, 9.17) is 4.74 Å². The number of ether oxygens (including phenoxy) is 1. The Hall–Kier alpha value is -2.17. The van der Waals surface area contributed by atoms with E-state index in [1.807, 2.05) is 13.0 Å². The fourth-order valence-corrected chi connectivity index (χ4v) is 1.58. The molecule has 2 aromatic rings. The molecule has 1 unspecified atom stereocenters. The number of methoxy groups -OCH3 is 1. The molecule has 1 heterocycles. The van der Waals surface area contributed by atoms with E-state index >= 15 is 0 Å². The molecule has 2 rings (SSSR count). The average molecular weight is 247 g/mol. The molecule has 1 aromatic heterocycles. The predicted molar refractivity (Wildman–Crippen MR) is 67.0 cm³/mol. The van der Waals surface area contributed by atoms with Gasteiger partial charge in [-0.1, -0.05) is 12.1 Å². The molecule has 18 heavy (non-hydrogen) atoms. The molecular formula is C13H14FN3O. The molecule has 0 saturated heterocycles. The largest absolute Gasteiger partial charge is 0.481 e. The van der Waals surface area contributed by atoms with Crippen molar-refractivity contribution in [2.45, 2.75) is 13.0 Å². The lowest BCUT2D eigenvalue weighted by molar-refractivity contribution is 0.397. The van der Waals surface area contributed by atoms with Gasteiger partial charge in [-0.3, -0.25) is 0 Å². The first-order chi connectivity index (χ1) is 8.69. The zero-order chi connectivity index (χ0) is 13.0. The minimum Gasteiger partial charge on any atom is -0.481 e. The second-order valence-electron chi connectivity index (χ2n) is 3.84. The minimum atomic E-state index is -0.257. The first-order valence-electron chi connectivity index (χ1n) is 5.58. The van der Waals surface area contributed by atoms with E-state index in [1.54, 1.807) is 25.4 Å². The van der Waals surface area contributed by atoms with Crippen LogP contribution in [0.15, 0.2) is 36.5 Å². The summed E-state index contributed by atoms with van der Waals surface area (Å²) in [6, 6.07) is 8.00. The second kappa shape index (κ2) is 5.44. The van der Waals surface area contributed by atoms with E-state index in [2.05, 4.69) is 15.3 Å². The van der Waals surface area contributed by atoms with E-state index in [-0.39, 0.29) is 11.9 Å². The quantitative estimate of drug-likeness (QED) is 0.902. The van der Waals surface area contributed by atoms with Crippen molar-refractivity contribution in [3.05, 3.63) is 47.9 Å². The SMILES string of the molecule is COc1ccnc(NC(C)c2cccc(F)c2)n1. The van der Waals surface area contributed by atoms with Gasteiger partial charge in [0.05, 0.1) is 13.2 Å². The summed E-state index contributed by atoms with van der Waals surface area (Å²) < 4.78 is 18.1. The van der Waals surface area contributed by atoms with Crippen LogP contribution in [0.5, 0.6) is 5.88 Å². The average Bonchev–Trinajstić information content (AvgIpc) is 2.39. The van der Waals surface area contributed by atoms with Gasteiger partial charge >= 0.3 is 0 Å². The van der Waals surface area contributed by atoms with Crippen LogP contribution in [0.3, 0.4) is 0 Å². The summed E-state index contributed by atoms with van der Waals surface area (Å²) >= 11 is 0. The molecule has 0 aliphatic carbocycles. The van der Waals surface area contributed by atoms with Gasteiger partial charge in [0.2, 0.25) is 11.8 Å². The molecule has 1 N–H and O–H groups in total. The number of benzene rings is 1. The molecule has 94 valence electrons. The van der Waals surface area contributed by atoms with Crippen molar-refractivity contribution in [1.29, 1.82) is 0 Å². The van der Waals surface area contributed by atoms with Crippen molar-refractivity contribution in [1.82, 2.24) is 9.97 Å². The third-order valence-electron chi connectivity index (χ3n) is 2.53. The zero-order valence-electron chi connectivity index (χ0n) is 10.2. The van der Waals surface area contributed by atoms with Crippen LogP contribution in [-0.4, -0.2) is 17.1 Å². The monoisotopic (exact) mass is 247 g/mol. The number of rotatable bonds is 4. The van der Waals surface area contributed by atoms with Crippen molar-refractivity contribution in [3.63, 3.8) is 0 Å². The van der Waals surface area contributed by atoms with E-state index in [1.165, 1.54) is 12.1 Å². The highest BCUT2D eigenvalue weighted by Crippen LogP contribution is 2.18. The molecule has 1 atom stereocenters. The molecule has 0 aliphatic rings. The highest BCUT2D eigenvalue weighted by molar-refractivity contribution is 5.33. The van der Waals surface area contributed by atoms with Gasteiger partial charge in [-0.05, 0) is 24.6 Å². The van der Waals surface area contributed by atoms with Gasteiger partial charge in [0, 0.05) is 12.3 Å². The Morgan fingerprint density at radius 1 is 1.33 bits per heavy atom. The fraction of sp³-hybridized carbons (Fsp3) is 0.231. The van der Waals surface area contributed by atoms with Crippen LogP contribution >= 0.6 is 0 Å². The molecule has 0 bridgehead atoms. The number of aromatic nitrogens is 2. The predicted octanol–water partition coefficient (Wildman–Crippen LogP) is 2.80. The molecule has 0 fully saturated rings. The van der Waals surface area contributed by atoms with Crippen molar-refractivity contribution >= 4 is 5.95 Å². The third kappa shape index (κ3) is 2.94. The van der Waals surface area contributed by atoms with Crippen LogP contribution < -0.4 is 10.1 Å². The lowest BCUT2D eigenvalue weighted by atomic mass is 10.1. The Bertz CT molecular complexity index is 533. The van der Waals surface area contributed by atoms with E-state index < -0.39 is 0 Å². The number of hydrogen-bond acceptors (Lipinski definition) is 4. The molecule has 0 amide bonds. The van der Waals surface area contributed by atoms with Crippen LogP contribution in [0.1, 0.15) is 18.5 Å². The lowest BCUT2D eigenvalue weighted by Gasteiger charge is -2.14. The van der Waals surface area contributed by atoms with Crippen LogP contribution in [0.2, 0.25) is 0 Å². The van der Waals surface area contributed by atoms with E-state index in [9.17, 15) is 4.39 Å². The molecule has 4 nitrogen and oxygen atoms in total. The number of halogens is 1. The number of nitrogens with one attached hydrogen (secondary N) is 1. The van der Waals surface area contributed by atoms with Crippen LogP contribution in [-0.2, 0) is 0 Å². The standard InChI is InChI=1S/C13H14FN3O/c1-9(10-4-3-5-11(14)8-10)16-13-15-7-6-12(17-13)18-2/h3-9H,1-2H3,(H,15,16,17). The van der Waals surface area contributed by atoms with Gasteiger partial charge in [0.25, 0.3) is 0 Å².